The van der Waals surface area contributed by atoms with Gasteiger partial charge < -0.3 is 10.6 Å². The fourth-order valence-corrected chi connectivity index (χ4v) is 2.33. The molecule has 0 radical (unpaired) electrons. The quantitative estimate of drug-likeness (QED) is 0.774. The predicted molar refractivity (Wildman–Crippen MR) is 91.1 cm³/mol. The summed E-state index contributed by atoms with van der Waals surface area (Å²) in [4.78, 5) is 20.6. The van der Waals surface area contributed by atoms with Crippen LogP contribution in [-0.4, -0.2) is 29.0 Å². The third-order valence-corrected chi connectivity index (χ3v) is 3.59. The van der Waals surface area contributed by atoms with Crippen LogP contribution in [0.5, 0.6) is 0 Å². The van der Waals surface area contributed by atoms with Crippen molar-refractivity contribution >= 4 is 27.7 Å². The molecular formula is C16H19BrN4O. The maximum atomic E-state index is 12.0. The molecule has 0 saturated carbocycles. The van der Waals surface area contributed by atoms with Crippen molar-refractivity contribution in [1.29, 1.82) is 0 Å². The van der Waals surface area contributed by atoms with Gasteiger partial charge >= 0.3 is 0 Å². The highest BCUT2D eigenvalue weighted by Crippen LogP contribution is 2.11. The summed E-state index contributed by atoms with van der Waals surface area (Å²) >= 11 is 3.36. The second kappa shape index (κ2) is 7.89. The lowest BCUT2D eigenvalue weighted by Crippen LogP contribution is -2.25. The maximum Gasteiger partial charge on any atom is 0.251 e. The van der Waals surface area contributed by atoms with Gasteiger partial charge in [0.25, 0.3) is 5.91 Å². The molecule has 2 N–H and O–H groups in total. The molecule has 0 aliphatic heterocycles. The second-order valence-electron chi connectivity index (χ2n) is 4.99. The van der Waals surface area contributed by atoms with Crippen molar-refractivity contribution < 1.29 is 4.79 Å². The molecule has 2 rings (SSSR count). The van der Waals surface area contributed by atoms with Crippen molar-refractivity contribution in [2.45, 2.75) is 20.3 Å². The highest BCUT2D eigenvalue weighted by atomic mass is 79.9. The highest BCUT2D eigenvalue weighted by Gasteiger charge is 2.05. The van der Waals surface area contributed by atoms with E-state index in [0.717, 1.165) is 34.6 Å². The molecule has 0 saturated heterocycles. The van der Waals surface area contributed by atoms with Crippen LogP contribution in [0.2, 0.25) is 0 Å². The van der Waals surface area contributed by atoms with E-state index in [-0.39, 0.29) is 5.91 Å². The molecule has 2 aromatic rings. The molecule has 0 aliphatic rings. The zero-order valence-corrected chi connectivity index (χ0v) is 14.3. The average Bonchev–Trinajstić information content (AvgIpc) is 2.50. The molecule has 0 bridgehead atoms. The Morgan fingerprint density at radius 3 is 2.86 bits per heavy atom. The molecule has 0 atom stereocenters. The van der Waals surface area contributed by atoms with E-state index in [9.17, 15) is 4.79 Å². The number of benzene rings is 1. The monoisotopic (exact) mass is 362 g/mol. The first-order valence-electron chi connectivity index (χ1n) is 7.14. The van der Waals surface area contributed by atoms with Crippen molar-refractivity contribution in [3.05, 3.63) is 51.9 Å². The number of halogens is 1. The molecule has 5 nitrogen and oxygen atoms in total. The second-order valence-corrected chi connectivity index (χ2v) is 5.91. The number of nitrogens with zero attached hydrogens (tertiary/aromatic N) is 2. The number of carbonyl (C=O) groups excluding carboxylic acids is 1. The average molecular weight is 363 g/mol. The Kier molecular flexibility index (Phi) is 5.89. The lowest BCUT2D eigenvalue weighted by atomic mass is 10.2. The summed E-state index contributed by atoms with van der Waals surface area (Å²) in [7, 11) is 0. The van der Waals surface area contributed by atoms with Crippen molar-refractivity contribution in [2.24, 2.45) is 0 Å². The summed E-state index contributed by atoms with van der Waals surface area (Å²) in [6.07, 6.45) is 2.56. The van der Waals surface area contributed by atoms with Crippen LogP contribution in [0.15, 0.2) is 34.9 Å². The van der Waals surface area contributed by atoms with Crippen LogP contribution in [0.4, 0.5) is 5.82 Å². The van der Waals surface area contributed by atoms with Crippen LogP contribution in [-0.2, 0) is 0 Å². The molecular weight excluding hydrogens is 344 g/mol. The number of rotatable bonds is 6. The summed E-state index contributed by atoms with van der Waals surface area (Å²) in [5.41, 5.74) is 2.42. The van der Waals surface area contributed by atoms with E-state index in [2.05, 4.69) is 36.5 Å². The maximum absolute atomic E-state index is 12.0. The summed E-state index contributed by atoms with van der Waals surface area (Å²) in [6, 6.07) is 7.34. The Hall–Kier alpha value is -1.95. The van der Waals surface area contributed by atoms with Gasteiger partial charge in [-0.25, -0.2) is 4.98 Å². The van der Waals surface area contributed by atoms with E-state index in [4.69, 9.17) is 0 Å². The van der Waals surface area contributed by atoms with Crippen LogP contribution in [0.1, 0.15) is 28.2 Å². The van der Waals surface area contributed by atoms with Gasteiger partial charge in [-0.1, -0.05) is 22.0 Å². The predicted octanol–water partition coefficient (Wildman–Crippen LogP) is 3.09. The van der Waals surface area contributed by atoms with Crippen molar-refractivity contribution in [1.82, 2.24) is 15.3 Å². The molecule has 0 spiro atoms. The summed E-state index contributed by atoms with van der Waals surface area (Å²) in [5, 5.41) is 6.15. The summed E-state index contributed by atoms with van der Waals surface area (Å²) in [6.45, 7) is 5.17. The summed E-state index contributed by atoms with van der Waals surface area (Å²) < 4.78 is 0.898. The van der Waals surface area contributed by atoms with E-state index in [0.29, 0.717) is 12.1 Å². The Labute approximate surface area is 138 Å². The van der Waals surface area contributed by atoms with Gasteiger partial charge in [-0.3, -0.25) is 9.78 Å². The Bertz CT molecular complexity index is 660. The fraction of sp³-hybridized carbons (Fsp3) is 0.312. The van der Waals surface area contributed by atoms with E-state index in [1.54, 1.807) is 18.3 Å². The van der Waals surface area contributed by atoms with Gasteiger partial charge in [-0.15, -0.1) is 0 Å². The number of hydrogen-bond donors (Lipinski definition) is 2. The Morgan fingerprint density at radius 1 is 1.27 bits per heavy atom. The number of aromatic nitrogens is 2. The number of hydrogen-bond acceptors (Lipinski definition) is 4. The molecule has 0 unspecified atom stereocenters. The van der Waals surface area contributed by atoms with Gasteiger partial charge in [-0.2, -0.15) is 0 Å². The van der Waals surface area contributed by atoms with Gasteiger partial charge in [0.1, 0.15) is 5.82 Å². The molecule has 1 aromatic carbocycles. The molecule has 6 heteroatoms. The van der Waals surface area contributed by atoms with Crippen LogP contribution in [0.3, 0.4) is 0 Å². The fourth-order valence-electron chi connectivity index (χ4n) is 1.93. The molecule has 1 aromatic heterocycles. The zero-order chi connectivity index (χ0) is 15.9. The minimum absolute atomic E-state index is 0.0622. The number of nitrogens with one attached hydrogen (secondary N) is 2. The minimum Gasteiger partial charge on any atom is -0.368 e. The first kappa shape index (κ1) is 16.4. The third-order valence-electron chi connectivity index (χ3n) is 3.09. The normalized spacial score (nSPS) is 10.3. The first-order chi connectivity index (χ1) is 10.6. The van der Waals surface area contributed by atoms with Crippen molar-refractivity contribution in [3.8, 4) is 0 Å². The number of aryl methyl sites for hydroxylation is 2. The SMILES string of the molecule is Cc1cnc(C)c(NCCCNC(=O)c2cccc(Br)c2)n1. The minimum atomic E-state index is -0.0622. The zero-order valence-electron chi connectivity index (χ0n) is 12.7. The van der Waals surface area contributed by atoms with E-state index < -0.39 is 0 Å². The molecule has 0 fully saturated rings. The Balaban J connectivity index is 1.73. The van der Waals surface area contributed by atoms with Crippen molar-refractivity contribution in [2.75, 3.05) is 18.4 Å². The van der Waals surface area contributed by atoms with Crippen LogP contribution in [0, 0.1) is 13.8 Å². The van der Waals surface area contributed by atoms with Gasteiger partial charge in [0.05, 0.1) is 11.4 Å². The van der Waals surface area contributed by atoms with E-state index in [1.165, 1.54) is 0 Å². The van der Waals surface area contributed by atoms with E-state index >= 15 is 0 Å². The highest BCUT2D eigenvalue weighted by molar-refractivity contribution is 9.10. The molecule has 1 heterocycles. The largest absolute Gasteiger partial charge is 0.368 e. The standard InChI is InChI=1S/C16H19BrN4O/c1-11-10-20-12(2)15(21-11)18-7-4-8-19-16(22)13-5-3-6-14(17)9-13/h3,5-6,9-10H,4,7-8H2,1-2H3,(H,18,21)(H,19,22). The van der Waals surface area contributed by atoms with Gasteiger partial charge in [0.2, 0.25) is 0 Å². The summed E-state index contributed by atoms with van der Waals surface area (Å²) in [5.74, 6) is 0.742. The molecule has 116 valence electrons. The number of amides is 1. The lowest BCUT2D eigenvalue weighted by Gasteiger charge is -2.09. The van der Waals surface area contributed by atoms with Gasteiger partial charge in [0, 0.05) is 29.3 Å². The van der Waals surface area contributed by atoms with Crippen LogP contribution >= 0.6 is 15.9 Å². The van der Waals surface area contributed by atoms with Gasteiger partial charge in [-0.05, 0) is 38.5 Å². The molecule has 0 aliphatic carbocycles. The number of carbonyl (C=O) groups is 1. The molecule has 22 heavy (non-hydrogen) atoms. The topological polar surface area (TPSA) is 66.9 Å². The molecule has 1 amide bonds. The number of anilines is 1. The Morgan fingerprint density at radius 2 is 2.09 bits per heavy atom. The van der Waals surface area contributed by atoms with Crippen LogP contribution < -0.4 is 10.6 Å². The van der Waals surface area contributed by atoms with Gasteiger partial charge in [0.15, 0.2) is 0 Å². The van der Waals surface area contributed by atoms with Crippen LogP contribution in [0.25, 0.3) is 0 Å². The lowest BCUT2D eigenvalue weighted by molar-refractivity contribution is 0.0953. The van der Waals surface area contributed by atoms with E-state index in [1.807, 2.05) is 26.0 Å². The third kappa shape index (κ3) is 4.80. The smallest absolute Gasteiger partial charge is 0.251 e. The van der Waals surface area contributed by atoms with Crippen molar-refractivity contribution in [3.63, 3.8) is 0 Å². The first-order valence-corrected chi connectivity index (χ1v) is 7.93.